The van der Waals surface area contributed by atoms with E-state index in [4.69, 9.17) is 5.41 Å². The van der Waals surface area contributed by atoms with Crippen LogP contribution in [0.25, 0.3) is 0 Å². The van der Waals surface area contributed by atoms with Crippen molar-refractivity contribution in [2.45, 2.75) is 12.2 Å². The molecular weight excluding hydrogens is 278 g/mol. The van der Waals surface area contributed by atoms with Gasteiger partial charge in [0.1, 0.15) is 5.25 Å². The lowest BCUT2D eigenvalue weighted by molar-refractivity contribution is -0.117. The Balaban J connectivity index is 1.94. The van der Waals surface area contributed by atoms with E-state index in [1.165, 1.54) is 28.0 Å². The van der Waals surface area contributed by atoms with Gasteiger partial charge in [0.2, 0.25) is 0 Å². The number of aromatic nitrogens is 1. The number of hydrogen-bond acceptors (Lipinski definition) is 5. The summed E-state index contributed by atoms with van der Waals surface area (Å²) in [5.41, 5.74) is 1.80. The van der Waals surface area contributed by atoms with Crippen LogP contribution in [0.2, 0.25) is 0 Å². The minimum absolute atomic E-state index is 0.0875. The standard InChI is InChI=1S/C13H11N3OS2/c1-8-7-18-13(15-8)16-11(17)10(19-12(16)14)9-5-3-2-4-6-9/h2-7,10,14H,1H3/t10-/m1/s1. The largest absolute Gasteiger partial charge is 0.278 e. The number of hydrogen-bond donors (Lipinski definition) is 1. The Kier molecular flexibility index (Phi) is 3.12. The predicted octanol–water partition coefficient (Wildman–Crippen LogP) is 3.21. The van der Waals surface area contributed by atoms with Crippen LogP contribution in [-0.4, -0.2) is 16.1 Å². The van der Waals surface area contributed by atoms with Crippen molar-refractivity contribution in [2.24, 2.45) is 0 Å². The lowest BCUT2D eigenvalue weighted by Crippen LogP contribution is -2.29. The van der Waals surface area contributed by atoms with Gasteiger partial charge in [0.05, 0.1) is 5.69 Å². The smallest absolute Gasteiger partial charge is 0.253 e. The van der Waals surface area contributed by atoms with Crippen molar-refractivity contribution in [2.75, 3.05) is 4.90 Å². The minimum Gasteiger partial charge on any atom is -0.278 e. The van der Waals surface area contributed by atoms with E-state index in [1.807, 2.05) is 42.6 Å². The molecule has 0 bridgehead atoms. The number of rotatable bonds is 2. The second kappa shape index (κ2) is 4.79. The van der Waals surface area contributed by atoms with Crippen molar-refractivity contribution < 1.29 is 4.79 Å². The normalized spacial score (nSPS) is 19.2. The molecule has 1 saturated heterocycles. The van der Waals surface area contributed by atoms with Gasteiger partial charge in [-0.05, 0) is 12.5 Å². The predicted molar refractivity (Wildman–Crippen MR) is 78.8 cm³/mol. The second-order valence-corrected chi connectivity index (χ2v) is 6.09. The maximum Gasteiger partial charge on any atom is 0.253 e. The van der Waals surface area contributed by atoms with E-state index in [-0.39, 0.29) is 16.3 Å². The molecular formula is C13H11N3OS2. The first-order chi connectivity index (χ1) is 9.16. The molecule has 3 rings (SSSR count). The van der Waals surface area contributed by atoms with Crippen LogP contribution in [0.4, 0.5) is 5.13 Å². The molecule has 0 saturated carbocycles. The van der Waals surface area contributed by atoms with Crippen LogP contribution >= 0.6 is 23.1 Å². The molecule has 1 N–H and O–H groups in total. The van der Waals surface area contributed by atoms with Gasteiger partial charge < -0.3 is 0 Å². The number of benzene rings is 1. The Morgan fingerprint density at radius 2 is 2.05 bits per heavy atom. The molecule has 0 unspecified atom stereocenters. The number of carbonyl (C=O) groups is 1. The van der Waals surface area contributed by atoms with Crippen LogP contribution in [0.1, 0.15) is 16.5 Å². The molecule has 4 nitrogen and oxygen atoms in total. The summed E-state index contributed by atoms with van der Waals surface area (Å²) >= 11 is 2.66. The number of aryl methyl sites for hydroxylation is 1. The fraction of sp³-hybridized carbons (Fsp3) is 0.154. The zero-order valence-corrected chi connectivity index (χ0v) is 11.8. The second-order valence-electron chi connectivity index (χ2n) is 4.16. The lowest BCUT2D eigenvalue weighted by atomic mass is 10.1. The number of anilines is 1. The van der Waals surface area contributed by atoms with Crippen LogP contribution < -0.4 is 4.90 Å². The van der Waals surface area contributed by atoms with Crippen LogP contribution in [0.3, 0.4) is 0 Å². The average molecular weight is 289 g/mol. The van der Waals surface area contributed by atoms with E-state index in [1.54, 1.807) is 0 Å². The van der Waals surface area contributed by atoms with Crippen molar-refractivity contribution in [1.29, 1.82) is 5.41 Å². The molecule has 0 radical (unpaired) electrons. The SMILES string of the molecule is Cc1csc(N2C(=N)S[C@H](c3ccccc3)C2=O)n1. The summed E-state index contributed by atoms with van der Waals surface area (Å²) in [5, 5.41) is 10.4. The zero-order chi connectivity index (χ0) is 13.4. The van der Waals surface area contributed by atoms with E-state index < -0.39 is 0 Å². The van der Waals surface area contributed by atoms with Crippen LogP contribution in [0.5, 0.6) is 0 Å². The topological polar surface area (TPSA) is 57.1 Å². The van der Waals surface area contributed by atoms with Crippen molar-refractivity contribution in [3.63, 3.8) is 0 Å². The van der Waals surface area contributed by atoms with E-state index in [0.717, 1.165) is 11.3 Å². The highest BCUT2D eigenvalue weighted by atomic mass is 32.2. The number of nitrogens with one attached hydrogen (secondary N) is 1. The van der Waals surface area contributed by atoms with Crippen molar-refractivity contribution in [3.05, 3.63) is 47.0 Å². The number of amides is 1. The summed E-state index contributed by atoms with van der Waals surface area (Å²) < 4.78 is 0. The quantitative estimate of drug-likeness (QED) is 0.923. The molecule has 1 aromatic carbocycles. The summed E-state index contributed by atoms with van der Waals surface area (Å²) in [7, 11) is 0. The first kappa shape index (κ1) is 12.4. The van der Waals surface area contributed by atoms with E-state index >= 15 is 0 Å². The summed E-state index contributed by atoms with van der Waals surface area (Å²) in [6.45, 7) is 1.88. The molecule has 96 valence electrons. The summed E-state index contributed by atoms with van der Waals surface area (Å²) in [6, 6.07) is 9.56. The molecule has 6 heteroatoms. The van der Waals surface area contributed by atoms with E-state index in [9.17, 15) is 4.79 Å². The first-order valence-electron chi connectivity index (χ1n) is 5.73. The monoisotopic (exact) mass is 289 g/mol. The van der Waals surface area contributed by atoms with E-state index in [0.29, 0.717) is 5.13 Å². The summed E-state index contributed by atoms with van der Waals surface area (Å²) in [4.78, 5) is 18.2. The molecule has 0 spiro atoms. The van der Waals surface area contributed by atoms with Crippen molar-refractivity contribution >= 4 is 39.3 Å². The molecule has 19 heavy (non-hydrogen) atoms. The highest BCUT2D eigenvalue weighted by Gasteiger charge is 2.40. The number of amidine groups is 1. The fourth-order valence-corrected chi connectivity index (χ4v) is 3.77. The Morgan fingerprint density at radius 1 is 1.32 bits per heavy atom. The maximum absolute atomic E-state index is 12.5. The van der Waals surface area contributed by atoms with Crippen molar-refractivity contribution in [3.8, 4) is 0 Å². The Bertz CT molecular complexity index is 638. The summed E-state index contributed by atoms with van der Waals surface area (Å²) in [5.74, 6) is -0.0875. The van der Waals surface area contributed by atoms with Crippen LogP contribution in [0.15, 0.2) is 35.7 Å². The Morgan fingerprint density at radius 3 is 2.68 bits per heavy atom. The summed E-state index contributed by atoms with van der Waals surface area (Å²) in [6.07, 6.45) is 0. The van der Waals surface area contributed by atoms with Crippen LogP contribution in [-0.2, 0) is 4.79 Å². The van der Waals surface area contributed by atoms with E-state index in [2.05, 4.69) is 4.98 Å². The highest BCUT2D eigenvalue weighted by Crippen LogP contribution is 2.41. The fourth-order valence-electron chi connectivity index (χ4n) is 1.90. The van der Waals surface area contributed by atoms with Gasteiger partial charge in [-0.1, -0.05) is 42.1 Å². The number of carbonyl (C=O) groups excluding carboxylic acids is 1. The average Bonchev–Trinajstić information content (AvgIpc) is 2.95. The van der Waals surface area contributed by atoms with Crippen molar-refractivity contribution in [1.82, 2.24) is 4.98 Å². The third kappa shape index (κ3) is 2.17. The highest BCUT2D eigenvalue weighted by molar-refractivity contribution is 8.15. The third-order valence-electron chi connectivity index (χ3n) is 2.78. The molecule has 1 fully saturated rings. The molecule has 0 aliphatic carbocycles. The van der Waals surface area contributed by atoms with Gasteiger partial charge in [-0.25, -0.2) is 9.88 Å². The van der Waals surface area contributed by atoms with Gasteiger partial charge in [-0.15, -0.1) is 11.3 Å². The first-order valence-corrected chi connectivity index (χ1v) is 7.49. The molecule has 1 atom stereocenters. The number of thioether (sulfide) groups is 1. The van der Waals surface area contributed by atoms with Gasteiger partial charge in [-0.2, -0.15) is 0 Å². The number of nitrogens with zero attached hydrogens (tertiary/aromatic N) is 2. The zero-order valence-electron chi connectivity index (χ0n) is 10.2. The number of thiazole rings is 1. The van der Waals surface area contributed by atoms with Gasteiger partial charge in [0, 0.05) is 5.38 Å². The third-order valence-corrected chi connectivity index (χ3v) is 4.84. The van der Waals surface area contributed by atoms with Gasteiger partial charge >= 0.3 is 0 Å². The maximum atomic E-state index is 12.5. The molecule has 2 aromatic rings. The minimum atomic E-state index is -0.335. The molecule has 1 aromatic heterocycles. The molecule has 1 aliphatic rings. The Hall–Kier alpha value is -1.66. The Labute approximate surface area is 119 Å². The van der Waals surface area contributed by atoms with Crippen LogP contribution in [0, 0.1) is 12.3 Å². The van der Waals surface area contributed by atoms with Gasteiger partial charge in [-0.3, -0.25) is 10.2 Å². The molecule has 2 heterocycles. The molecule has 1 amide bonds. The molecule has 1 aliphatic heterocycles. The van der Waals surface area contributed by atoms with Gasteiger partial charge in [0.25, 0.3) is 5.91 Å². The van der Waals surface area contributed by atoms with Gasteiger partial charge in [0.15, 0.2) is 10.3 Å². The lowest BCUT2D eigenvalue weighted by Gasteiger charge is -2.11.